The van der Waals surface area contributed by atoms with Gasteiger partial charge in [-0.25, -0.2) is 0 Å². The summed E-state index contributed by atoms with van der Waals surface area (Å²) in [4.78, 5) is 0. The van der Waals surface area contributed by atoms with Gasteiger partial charge in [-0.2, -0.15) is 0 Å². The van der Waals surface area contributed by atoms with Gasteiger partial charge < -0.3 is 10.1 Å². The highest BCUT2D eigenvalue weighted by atomic mass is 79.9. The topological polar surface area (TPSA) is 21.3 Å². The molecule has 0 saturated heterocycles. The third-order valence-electron chi connectivity index (χ3n) is 2.87. The molecule has 0 fully saturated rings. The Morgan fingerprint density at radius 3 is 2.45 bits per heavy atom. The molecule has 0 heterocycles. The van der Waals surface area contributed by atoms with Gasteiger partial charge in [0, 0.05) is 11.0 Å². The highest BCUT2D eigenvalue weighted by molar-refractivity contribution is 9.10. The first-order chi connectivity index (χ1) is 9.65. The lowest BCUT2D eigenvalue weighted by Gasteiger charge is -2.11. The number of nitrogens with one attached hydrogen (secondary N) is 1. The van der Waals surface area contributed by atoms with Crippen molar-refractivity contribution < 1.29 is 4.74 Å². The number of hydrogen-bond acceptors (Lipinski definition) is 2. The molecule has 0 atom stereocenters. The summed E-state index contributed by atoms with van der Waals surface area (Å²) in [5.74, 6) is 2.36. The minimum Gasteiger partial charge on any atom is -0.457 e. The number of para-hydroxylation sites is 1. The van der Waals surface area contributed by atoms with E-state index in [0.29, 0.717) is 5.92 Å². The highest BCUT2D eigenvalue weighted by Gasteiger charge is 2.03. The fourth-order valence-corrected chi connectivity index (χ4v) is 2.35. The van der Waals surface area contributed by atoms with E-state index in [-0.39, 0.29) is 0 Å². The molecule has 20 heavy (non-hydrogen) atoms. The molecule has 0 aliphatic rings. The van der Waals surface area contributed by atoms with Crippen molar-refractivity contribution in [3.63, 3.8) is 0 Å². The minimum atomic E-state index is 0.662. The van der Waals surface area contributed by atoms with Gasteiger partial charge in [0.15, 0.2) is 0 Å². The first-order valence-corrected chi connectivity index (χ1v) is 7.66. The number of rotatable bonds is 6. The van der Waals surface area contributed by atoms with Crippen LogP contribution in [0.25, 0.3) is 0 Å². The standard InChI is InChI=1S/C17H20BrNO/c1-13(2)11-19-12-14-8-9-16(10-17(14)18)20-15-6-4-3-5-7-15/h3-10,13,19H,11-12H2,1-2H3. The van der Waals surface area contributed by atoms with Crippen molar-refractivity contribution in [3.8, 4) is 11.5 Å². The van der Waals surface area contributed by atoms with Crippen LogP contribution < -0.4 is 10.1 Å². The second kappa shape index (κ2) is 7.46. The zero-order chi connectivity index (χ0) is 14.4. The predicted octanol–water partition coefficient (Wildman–Crippen LogP) is 4.99. The molecule has 106 valence electrons. The molecule has 0 bridgehead atoms. The molecule has 3 heteroatoms. The predicted molar refractivity (Wildman–Crippen MR) is 87.2 cm³/mol. The van der Waals surface area contributed by atoms with E-state index in [1.165, 1.54) is 5.56 Å². The van der Waals surface area contributed by atoms with Crippen LogP contribution in [0.4, 0.5) is 0 Å². The van der Waals surface area contributed by atoms with Crippen molar-refractivity contribution in [2.75, 3.05) is 6.54 Å². The SMILES string of the molecule is CC(C)CNCc1ccc(Oc2ccccc2)cc1Br. The van der Waals surface area contributed by atoms with Crippen LogP contribution in [0.5, 0.6) is 11.5 Å². The Morgan fingerprint density at radius 2 is 1.80 bits per heavy atom. The van der Waals surface area contributed by atoms with Crippen LogP contribution in [0.1, 0.15) is 19.4 Å². The lowest BCUT2D eigenvalue weighted by molar-refractivity contribution is 0.481. The van der Waals surface area contributed by atoms with E-state index in [4.69, 9.17) is 4.74 Å². The summed E-state index contributed by atoms with van der Waals surface area (Å²) in [5, 5.41) is 3.44. The lowest BCUT2D eigenvalue weighted by Crippen LogP contribution is -2.19. The Labute approximate surface area is 129 Å². The summed E-state index contributed by atoms with van der Waals surface area (Å²) in [6, 6.07) is 15.9. The lowest BCUT2D eigenvalue weighted by atomic mass is 10.2. The molecular formula is C17H20BrNO. The Hall–Kier alpha value is -1.32. The first kappa shape index (κ1) is 15.1. The monoisotopic (exact) mass is 333 g/mol. The largest absolute Gasteiger partial charge is 0.457 e. The summed E-state index contributed by atoms with van der Waals surface area (Å²) in [6.07, 6.45) is 0. The number of ether oxygens (including phenoxy) is 1. The molecule has 2 aromatic carbocycles. The molecule has 0 amide bonds. The molecule has 0 aromatic heterocycles. The van der Waals surface area contributed by atoms with Crippen molar-refractivity contribution >= 4 is 15.9 Å². The van der Waals surface area contributed by atoms with Crippen LogP contribution in [0.2, 0.25) is 0 Å². The smallest absolute Gasteiger partial charge is 0.128 e. The molecule has 0 aliphatic carbocycles. The molecule has 0 aliphatic heterocycles. The summed E-state index contributed by atoms with van der Waals surface area (Å²) in [5.41, 5.74) is 1.24. The van der Waals surface area contributed by atoms with Gasteiger partial charge in [-0.15, -0.1) is 0 Å². The summed E-state index contributed by atoms with van der Waals surface area (Å²) in [6.45, 7) is 6.30. The van der Waals surface area contributed by atoms with E-state index in [1.54, 1.807) is 0 Å². The van der Waals surface area contributed by atoms with E-state index < -0.39 is 0 Å². The van der Waals surface area contributed by atoms with E-state index in [1.807, 2.05) is 42.5 Å². The zero-order valence-corrected chi connectivity index (χ0v) is 13.5. The average molecular weight is 334 g/mol. The van der Waals surface area contributed by atoms with Crippen LogP contribution in [-0.2, 0) is 6.54 Å². The Bertz CT molecular complexity index is 540. The van der Waals surface area contributed by atoms with E-state index in [9.17, 15) is 0 Å². The highest BCUT2D eigenvalue weighted by Crippen LogP contribution is 2.27. The molecule has 0 spiro atoms. The Balaban J connectivity index is 1.98. The normalized spacial score (nSPS) is 10.8. The number of benzene rings is 2. The van der Waals surface area contributed by atoms with Gasteiger partial charge in [0.25, 0.3) is 0 Å². The minimum absolute atomic E-state index is 0.662. The fraction of sp³-hybridized carbons (Fsp3) is 0.294. The maximum absolute atomic E-state index is 5.81. The number of hydrogen-bond donors (Lipinski definition) is 1. The van der Waals surface area contributed by atoms with Crippen LogP contribution >= 0.6 is 15.9 Å². The maximum atomic E-state index is 5.81. The van der Waals surface area contributed by atoms with Gasteiger partial charge >= 0.3 is 0 Å². The summed E-state index contributed by atoms with van der Waals surface area (Å²) < 4.78 is 6.88. The molecule has 2 rings (SSSR count). The van der Waals surface area contributed by atoms with Crippen LogP contribution in [0.15, 0.2) is 53.0 Å². The molecule has 2 nitrogen and oxygen atoms in total. The van der Waals surface area contributed by atoms with Crippen LogP contribution in [-0.4, -0.2) is 6.54 Å². The molecule has 0 unspecified atom stereocenters. The van der Waals surface area contributed by atoms with E-state index in [2.05, 4.69) is 41.2 Å². The third-order valence-corrected chi connectivity index (χ3v) is 3.61. The van der Waals surface area contributed by atoms with Crippen molar-refractivity contribution in [1.29, 1.82) is 0 Å². The van der Waals surface area contributed by atoms with Gasteiger partial charge in [0.2, 0.25) is 0 Å². The second-order valence-electron chi connectivity index (χ2n) is 5.19. The average Bonchev–Trinajstić information content (AvgIpc) is 2.42. The number of halogens is 1. The van der Waals surface area contributed by atoms with Gasteiger partial charge in [-0.1, -0.05) is 54.0 Å². The van der Waals surface area contributed by atoms with Crippen molar-refractivity contribution in [1.82, 2.24) is 5.32 Å². The van der Waals surface area contributed by atoms with Gasteiger partial charge in [-0.3, -0.25) is 0 Å². The van der Waals surface area contributed by atoms with Gasteiger partial charge in [0.1, 0.15) is 11.5 Å². The molecule has 0 radical (unpaired) electrons. The maximum Gasteiger partial charge on any atom is 0.128 e. The molecule has 1 N–H and O–H groups in total. The third kappa shape index (κ3) is 4.66. The van der Waals surface area contributed by atoms with E-state index >= 15 is 0 Å². The van der Waals surface area contributed by atoms with Crippen molar-refractivity contribution in [3.05, 3.63) is 58.6 Å². The Morgan fingerprint density at radius 1 is 1.05 bits per heavy atom. The summed E-state index contributed by atoms with van der Waals surface area (Å²) in [7, 11) is 0. The quantitative estimate of drug-likeness (QED) is 0.804. The summed E-state index contributed by atoms with van der Waals surface area (Å²) >= 11 is 3.61. The van der Waals surface area contributed by atoms with Gasteiger partial charge in [0.05, 0.1) is 0 Å². The molecule has 2 aromatic rings. The molecule has 0 saturated carbocycles. The van der Waals surface area contributed by atoms with Crippen molar-refractivity contribution in [2.45, 2.75) is 20.4 Å². The van der Waals surface area contributed by atoms with Crippen LogP contribution in [0, 0.1) is 5.92 Å². The van der Waals surface area contributed by atoms with E-state index in [0.717, 1.165) is 29.1 Å². The molecular weight excluding hydrogens is 314 g/mol. The van der Waals surface area contributed by atoms with Crippen LogP contribution in [0.3, 0.4) is 0 Å². The fourth-order valence-electron chi connectivity index (χ4n) is 1.86. The Kier molecular flexibility index (Phi) is 5.62. The van der Waals surface area contributed by atoms with Gasteiger partial charge in [-0.05, 0) is 42.3 Å². The van der Waals surface area contributed by atoms with Crippen molar-refractivity contribution in [2.24, 2.45) is 5.92 Å². The zero-order valence-electron chi connectivity index (χ0n) is 11.9. The second-order valence-corrected chi connectivity index (χ2v) is 6.05. The first-order valence-electron chi connectivity index (χ1n) is 6.87.